The van der Waals surface area contributed by atoms with E-state index in [0.29, 0.717) is 0 Å². The van der Waals surface area contributed by atoms with Crippen molar-refractivity contribution in [3.63, 3.8) is 0 Å². The monoisotopic (exact) mass is 323 g/mol. The van der Waals surface area contributed by atoms with Crippen molar-refractivity contribution < 1.29 is 14.7 Å². The van der Waals surface area contributed by atoms with Gasteiger partial charge in [-0.15, -0.1) is 0 Å². The standard InChI is InChI=1S/C20H21NO3/c1-13-12-15(18(22)23)6-9-17(13)14-4-7-16(8-5-14)21-11-10-20(2,3)19(21)24/h4-9,12H,10-11H2,1-3H3,(H,22,23). The Morgan fingerprint density at radius 2 is 1.79 bits per heavy atom. The van der Waals surface area contributed by atoms with Gasteiger partial charge in [0.05, 0.1) is 5.56 Å². The fraction of sp³-hybridized carbons (Fsp3) is 0.300. The summed E-state index contributed by atoms with van der Waals surface area (Å²) in [5.74, 6) is -0.757. The molecule has 1 heterocycles. The van der Waals surface area contributed by atoms with E-state index in [4.69, 9.17) is 5.11 Å². The smallest absolute Gasteiger partial charge is 0.335 e. The molecule has 1 amide bonds. The summed E-state index contributed by atoms with van der Waals surface area (Å²) in [6.45, 7) is 6.62. The molecule has 1 saturated heterocycles. The van der Waals surface area contributed by atoms with Gasteiger partial charge in [0.1, 0.15) is 0 Å². The minimum atomic E-state index is -0.921. The molecule has 0 unspecified atom stereocenters. The zero-order valence-electron chi connectivity index (χ0n) is 14.2. The number of nitrogens with zero attached hydrogens (tertiary/aromatic N) is 1. The SMILES string of the molecule is Cc1cc(C(=O)O)ccc1-c1ccc(N2CCC(C)(C)C2=O)cc1. The molecule has 0 aromatic heterocycles. The zero-order valence-corrected chi connectivity index (χ0v) is 14.2. The van der Waals surface area contributed by atoms with Crippen molar-refractivity contribution in [1.82, 2.24) is 0 Å². The van der Waals surface area contributed by atoms with E-state index in [9.17, 15) is 9.59 Å². The van der Waals surface area contributed by atoms with Crippen LogP contribution in [-0.4, -0.2) is 23.5 Å². The van der Waals surface area contributed by atoms with Crippen molar-refractivity contribution >= 4 is 17.6 Å². The molecule has 0 aliphatic carbocycles. The molecular weight excluding hydrogens is 302 g/mol. The van der Waals surface area contributed by atoms with Crippen LogP contribution in [0.15, 0.2) is 42.5 Å². The molecule has 2 aromatic carbocycles. The Balaban J connectivity index is 1.88. The third-order valence-corrected chi connectivity index (χ3v) is 4.75. The van der Waals surface area contributed by atoms with E-state index >= 15 is 0 Å². The lowest BCUT2D eigenvalue weighted by Crippen LogP contribution is -2.30. The van der Waals surface area contributed by atoms with Gasteiger partial charge in [-0.3, -0.25) is 4.79 Å². The summed E-state index contributed by atoms with van der Waals surface area (Å²) in [6, 6.07) is 13.0. The molecule has 0 saturated carbocycles. The van der Waals surface area contributed by atoms with Crippen LogP contribution in [0.5, 0.6) is 0 Å². The molecule has 0 bridgehead atoms. The van der Waals surface area contributed by atoms with Crippen LogP contribution in [0.4, 0.5) is 5.69 Å². The Kier molecular flexibility index (Phi) is 3.91. The summed E-state index contributed by atoms with van der Waals surface area (Å²) in [5.41, 5.74) is 3.84. The van der Waals surface area contributed by atoms with E-state index in [1.54, 1.807) is 12.1 Å². The van der Waals surface area contributed by atoms with Crippen LogP contribution < -0.4 is 4.90 Å². The summed E-state index contributed by atoms with van der Waals surface area (Å²) in [7, 11) is 0. The van der Waals surface area contributed by atoms with Crippen LogP contribution in [0.25, 0.3) is 11.1 Å². The molecular formula is C20H21NO3. The largest absolute Gasteiger partial charge is 0.478 e. The van der Waals surface area contributed by atoms with E-state index in [0.717, 1.165) is 35.3 Å². The van der Waals surface area contributed by atoms with Gasteiger partial charge in [-0.2, -0.15) is 0 Å². The molecule has 0 spiro atoms. The summed E-state index contributed by atoms with van der Waals surface area (Å²) in [4.78, 5) is 25.3. The number of carbonyl (C=O) groups is 2. The predicted octanol–water partition coefficient (Wildman–Crippen LogP) is 4.12. The Morgan fingerprint density at radius 3 is 2.29 bits per heavy atom. The molecule has 24 heavy (non-hydrogen) atoms. The average Bonchev–Trinajstić information content (AvgIpc) is 2.81. The first kappa shape index (κ1) is 16.2. The van der Waals surface area contributed by atoms with Gasteiger partial charge in [0.2, 0.25) is 5.91 Å². The molecule has 0 radical (unpaired) electrons. The van der Waals surface area contributed by atoms with Gasteiger partial charge in [-0.25, -0.2) is 4.79 Å². The number of carboxylic acids is 1. The molecule has 2 aromatic rings. The third-order valence-electron chi connectivity index (χ3n) is 4.75. The number of anilines is 1. The summed E-state index contributed by atoms with van der Waals surface area (Å²) in [5, 5.41) is 9.06. The first-order valence-electron chi connectivity index (χ1n) is 8.06. The van der Waals surface area contributed by atoms with E-state index in [1.165, 1.54) is 0 Å². The summed E-state index contributed by atoms with van der Waals surface area (Å²) >= 11 is 0. The minimum Gasteiger partial charge on any atom is -0.478 e. The van der Waals surface area contributed by atoms with Crippen molar-refractivity contribution in [3.05, 3.63) is 53.6 Å². The lowest BCUT2D eigenvalue weighted by molar-refractivity contribution is -0.123. The van der Waals surface area contributed by atoms with Crippen LogP contribution in [0.1, 0.15) is 36.2 Å². The second-order valence-corrected chi connectivity index (χ2v) is 6.97. The van der Waals surface area contributed by atoms with E-state index in [1.807, 2.05) is 56.0 Å². The molecule has 1 aliphatic rings. The van der Waals surface area contributed by atoms with Gasteiger partial charge in [-0.05, 0) is 54.3 Å². The minimum absolute atomic E-state index is 0.164. The molecule has 1 aliphatic heterocycles. The maximum absolute atomic E-state index is 12.4. The van der Waals surface area contributed by atoms with Crippen LogP contribution in [0.2, 0.25) is 0 Å². The molecule has 124 valence electrons. The Bertz CT molecular complexity index is 806. The lowest BCUT2D eigenvalue weighted by atomic mass is 9.92. The van der Waals surface area contributed by atoms with Crippen molar-refractivity contribution in [1.29, 1.82) is 0 Å². The van der Waals surface area contributed by atoms with E-state index in [-0.39, 0.29) is 16.9 Å². The summed E-state index contributed by atoms with van der Waals surface area (Å²) < 4.78 is 0. The van der Waals surface area contributed by atoms with Crippen LogP contribution in [-0.2, 0) is 4.79 Å². The van der Waals surface area contributed by atoms with Crippen molar-refractivity contribution in [3.8, 4) is 11.1 Å². The van der Waals surface area contributed by atoms with Crippen molar-refractivity contribution in [2.45, 2.75) is 27.2 Å². The maximum atomic E-state index is 12.4. The van der Waals surface area contributed by atoms with Gasteiger partial charge < -0.3 is 10.0 Å². The van der Waals surface area contributed by atoms with Crippen LogP contribution in [0.3, 0.4) is 0 Å². The van der Waals surface area contributed by atoms with Gasteiger partial charge in [0.25, 0.3) is 0 Å². The maximum Gasteiger partial charge on any atom is 0.335 e. The quantitative estimate of drug-likeness (QED) is 0.924. The first-order chi connectivity index (χ1) is 11.3. The molecule has 1 fully saturated rings. The predicted molar refractivity (Wildman–Crippen MR) is 94.3 cm³/mol. The first-order valence-corrected chi connectivity index (χ1v) is 8.06. The van der Waals surface area contributed by atoms with E-state index < -0.39 is 5.97 Å². The third kappa shape index (κ3) is 2.80. The number of aryl methyl sites for hydroxylation is 1. The highest BCUT2D eigenvalue weighted by Crippen LogP contribution is 2.35. The number of hydrogen-bond donors (Lipinski definition) is 1. The highest BCUT2D eigenvalue weighted by atomic mass is 16.4. The molecule has 4 heteroatoms. The normalized spacial score (nSPS) is 16.5. The van der Waals surface area contributed by atoms with Gasteiger partial charge >= 0.3 is 5.97 Å². The summed E-state index contributed by atoms with van der Waals surface area (Å²) in [6.07, 6.45) is 0.864. The number of hydrogen-bond acceptors (Lipinski definition) is 2. The van der Waals surface area contributed by atoms with Gasteiger partial charge in [0.15, 0.2) is 0 Å². The number of aromatic carboxylic acids is 1. The van der Waals surface area contributed by atoms with Crippen LogP contribution >= 0.6 is 0 Å². The fourth-order valence-electron chi connectivity index (χ4n) is 3.15. The number of carboxylic acid groups (broad SMARTS) is 1. The second kappa shape index (κ2) is 5.78. The lowest BCUT2D eigenvalue weighted by Gasteiger charge is -2.20. The number of rotatable bonds is 3. The molecule has 4 nitrogen and oxygen atoms in total. The van der Waals surface area contributed by atoms with Gasteiger partial charge in [0, 0.05) is 17.6 Å². The topological polar surface area (TPSA) is 57.6 Å². The average molecular weight is 323 g/mol. The van der Waals surface area contributed by atoms with Gasteiger partial charge in [-0.1, -0.05) is 32.0 Å². The van der Waals surface area contributed by atoms with Crippen LogP contribution in [0, 0.1) is 12.3 Å². The second-order valence-electron chi connectivity index (χ2n) is 6.97. The van der Waals surface area contributed by atoms with E-state index in [2.05, 4.69) is 0 Å². The number of benzene rings is 2. The molecule has 0 atom stereocenters. The van der Waals surface area contributed by atoms with Crippen molar-refractivity contribution in [2.75, 3.05) is 11.4 Å². The Labute approximate surface area is 141 Å². The van der Waals surface area contributed by atoms with Crippen molar-refractivity contribution in [2.24, 2.45) is 5.41 Å². The highest BCUT2D eigenvalue weighted by molar-refractivity contribution is 5.99. The molecule has 1 N–H and O–H groups in total. The number of amides is 1. The highest BCUT2D eigenvalue weighted by Gasteiger charge is 2.39. The Hall–Kier alpha value is -2.62. The molecule has 3 rings (SSSR count). The fourth-order valence-corrected chi connectivity index (χ4v) is 3.15. The zero-order chi connectivity index (χ0) is 17.5. The number of carbonyl (C=O) groups excluding carboxylic acids is 1. The Morgan fingerprint density at radius 1 is 1.12 bits per heavy atom.